The standard InChI is InChI=1S/C24H40O3/c1-8-10-12-14-23(3,4)18-16-19(22(26)27-7)21(25)20(17-18)24(5,6)15-13-11-9-2/h16-17,25H,8-15H2,1-7H3. The molecule has 0 aliphatic carbocycles. The van der Waals surface area contributed by atoms with Crippen LogP contribution in [0.3, 0.4) is 0 Å². The number of carbonyl (C=O) groups is 1. The van der Waals surface area contributed by atoms with Crippen LogP contribution in [0.1, 0.15) is 114 Å². The van der Waals surface area contributed by atoms with Crippen LogP contribution >= 0.6 is 0 Å². The molecule has 1 aromatic rings. The van der Waals surface area contributed by atoms with Crippen molar-refractivity contribution >= 4 is 5.97 Å². The molecule has 0 fully saturated rings. The summed E-state index contributed by atoms with van der Waals surface area (Å²) in [5.74, 6) is -0.388. The van der Waals surface area contributed by atoms with E-state index in [0.717, 1.165) is 36.8 Å². The summed E-state index contributed by atoms with van der Waals surface area (Å²) in [6.45, 7) is 13.2. The number of esters is 1. The van der Waals surface area contributed by atoms with Gasteiger partial charge in [-0.3, -0.25) is 0 Å². The van der Waals surface area contributed by atoms with Crippen molar-refractivity contribution in [2.24, 2.45) is 0 Å². The Morgan fingerprint density at radius 1 is 0.926 bits per heavy atom. The van der Waals surface area contributed by atoms with E-state index in [4.69, 9.17) is 4.74 Å². The second-order valence-corrected chi connectivity index (χ2v) is 9.09. The minimum absolute atomic E-state index is 0.0557. The lowest BCUT2D eigenvalue weighted by molar-refractivity contribution is 0.0597. The van der Waals surface area contributed by atoms with Crippen LogP contribution in [0.15, 0.2) is 12.1 Å². The van der Waals surface area contributed by atoms with Crippen molar-refractivity contribution in [3.8, 4) is 5.75 Å². The van der Waals surface area contributed by atoms with E-state index in [0.29, 0.717) is 0 Å². The molecule has 3 heteroatoms. The largest absolute Gasteiger partial charge is 0.507 e. The average Bonchev–Trinajstić information content (AvgIpc) is 2.61. The molecule has 0 aromatic heterocycles. The zero-order chi connectivity index (χ0) is 20.7. The Kier molecular flexibility index (Phi) is 8.84. The Labute approximate surface area is 166 Å². The number of phenols is 1. The fourth-order valence-electron chi connectivity index (χ4n) is 3.72. The molecule has 0 spiro atoms. The van der Waals surface area contributed by atoms with Gasteiger partial charge in [-0.1, -0.05) is 86.1 Å². The molecule has 1 rings (SSSR count). The number of phenolic OH excluding ortho intramolecular Hbond substituents is 1. The van der Waals surface area contributed by atoms with Gasteiger partial charge in [0, 0.05) is 5.56 Å². The summed E-state index contributed by atoms with van der Waals surface area (Å²) in [4.78, 5) is 12.3. The van der Waals surface area contributed by atoms with Gasteiger partial charge in [-0.05, 0) is 35.3 Å². The maximum absolute atomic E-state index is 12.3. The molecule has 0 bridgehead atoms. The monoisotopic (exact) mass is 376 g/mol. The summed E-state index contributed by atoms with van der Waals surface area (Å²) < 4.78 is 4.95. The third-order valence-corrected chi connectivity index (χ3v) is 5.84. The van der Waals surface area contributed by atoms with Gasteiger partial charge in [-0.2, -0.15) is 0 Å². The highest BCUT2D eigenvalue weighted by molar-refractivity contribution is 5.93. The number of hydrogen-bond donors (Lipinski definition) is 1. The maximum atomic E-state index is 12.3. The van der Waals surface area contributed by atoms with Gasteiger partial charge in [0.05, 0.1) is 7.11 Å². The zero-order valence-electron chi connectivity index (χ0n) is 18.6. The first-order valence-corrected chi connectivity index (χ1v) is 10.6. The number of unbranched alkanes of at least 4 members (excludes halogenated alkanes) is 4. The fraction of sp³-hybridized carbons (Fsp3) is 0.708. The Morgan fingerprint density at radius 2 is 1.44 bits per heavy atom. The summed E-state index contributed by atoms with van der Waals surface area (Å²) >= 11 is 0. The van der Waals surface area contributed by atoms with Gasteiger partial charge in [0.2, 0.25) is 0 Å². The fourth-order valence-corrected chi connectivity index (χ4v) is 3.72. The molecule has 0 amide bonds. The summed E-state index contributed by atoms with van der Waals surface area (Å²) in [5, 5.41) is 10.9. The molecule has 0 aliphatic rings. The van der Waals surface area contributed by atoms with Crippen LogP contribution in [0.2, 0.25) is 0 Å². The van der Waals surface area contributed by atoms with Crippen molar-refractivity contribution in [1.29, 1.82) is 0 Å². The molecular weight excluding hydrogens is 336 g/mol. The summed E-state index contributed by atoms with van der Waals surface area (Å²) in [6.07, 6.45) is 9.05. The van der Waals surface area contributed by atoms with Crippen molar-refractivity contribution in [1.82, 2.24) is 0 Å². The highest BCUT2D eigenvalue weighted by Gasteiger charge is 2.31. The molecule has 27 heavy (non-hydrogen) atoms. The summed E-state index contributed by atoms with van der Waals surface area (Å²) in [7, 11) is 1.37. The van der Waals surface area contributed by atoms with Crippen LogP contribution in [0.25, 0.3) is 0 Å². The molecule has 1 N–H and O–H groups in total. The maximum Gasteiger partial charge on any atom is 0.341 e. The van der Waals surface area contributed by atoms with Crippen molar-refractivity contribution < 1.29 is 14.6 Å². The second kappa shape index (κ2) is 10.1. The van der Waals surface area contributed by atoms with Crippen LogP contribution in [-0.2, 0) is 15.6 Å². The molecule has 0 radical (unpaired) electrons. The third-order valence-electron chi connectivity index (χ3n) is 5.84. The van der Waals surface area contributed by atoms with Crippen molar-refractivity contribution in [3.05, 3.63) is 28.8 Å². The number of rotatable bonds is 11. The Balaban J connectivity index is 3.39. The topological polar surface area (TPSA) is 46.5 Å². The van der Waals surface area contributed by atoms with E-state index in [1.54, 1.807) is 0 Å². The van der Waals surface area contributed by atoms with Crippen molar-refractivity contribution in [2.75, 3.05) is 7.11 Å². The van der Waals surface area contributed by atoms with E-state index in [1.807, 2.05) is 6.07 Å². The lowest BCUT2D eigenvalue weighted by Crippen LogP contribution is -2.23. The van der Waals surface area contributed by atoms with Crippen LogP contribution in [0, 0.1) is 0 Å². The molecule has 0 atom stereocenters. The number of ether oxygens (including phenoxy) is 1. The molecule has 0 heterocycles. The van der Waals surface area contributed by atoms with E-state index >= 15 is 0 Å². The molecular formula is C24H40O3. The molecule has 0 unspecified atom stereocenters. The van der Waals surface area contributed by atoms with Gasteiger partial charge in [0.25, 0.3) is 0 Å². The molecule has 0 saturated carbocycles. The summed E-state index contributed by atoms with van der Waals surface area (Å²) in [5.41, 5.74) is 2.00. The smallest absolute Gasteiger partial charge is 0.341 e. The van der Waals surface area contributed by atoms with E-state index in [9.17, 15) is 9.90 Å². The van der Waals surface area contributed by atoms with E-state index in [1.165, 1.54) is 32.8 Å². The van der Waals surface area contributed by atoms with Crippen LogP contribution < -0.4 is 0 Å². The van der Waals surface area contributed by atoms with Gasteiger partial charge < -0.3 is 9.84 Å². The first-order valence-electron chi connectivity index (χ1n) is 10.6. The third kappa shape index (κ3) is 6.26. The minimum atomic E-state index is -0.468. The predicted molar refractivity (Wildman–Crippen MR) is 114 cm³/mol. The highest BCUT2D eigenvalue weighted by Crippen LogP contribution is 2.41. The van der Waals surface area contributed by atoms with Crippen LogP contribution in [0.5, 0.6) is 5.75 Å². The molecule has 154 valence electrons. The Bertz CT molecular complexity index is 614. The summed E-state index contributed by atoms with van der Waals surface area (Å²) in [6, 6.07) is 3.96. The number of methoxy groups -OCH3 is 1. The lowest BCUT2D eigenvalue weighted by Gasteiger charge is -2.31. The zero-order valence-corrected chi connectivity index (χ0v) is 18.6. The Morgan fingerprint density at radius 3 is 1.93 bits per heavy atom. The minimum Gasteiger partial charge on any atom is -0.507 e. The van der Waals surface area contributed by atoms with Gasteiger partial charge in [-0.25, -0.2) is 4.79 Å². The van der Waals surface area contributed by atoms with E-state index < -0.39 is 5.97 Å². The molecule has 3 nitrogen and oxygen atoms in total. The first kappa shape index (κ1) is 23.5. The second-order valence-electron chi connectivity index (χ2n) is 9.09. The number of benzene rings is 1. The average molecular weight is 377 g/mol. The SMILES string of the molecule is CCCCCC(C)(C)c1cc(C(=O)OC)c(O)c(C(C)(C)CCCCC)c1. The number of aromatic hydroxyl groups is 1. The van der Waals surface area contributed by atoms with Gasteiger partial charge in [0.1, 0.15) is 11.3 Å². The van der Waals surface area contributed by atoms with E-state index in [2.05, 4.69) is 47.6 Å². The first-order chi connectivity index (χ1) is 12.6. The molecule has 1 aromatic carbocycles. The lowest BCUT2D eigenvalue weighted by atomic mass is 9.73. The van der Waals surface area contributed by atoms with Gasteiger partial charge in [-0.15, -0.1) is 0 Å². The number of hydrogen-bond acceptors (Lipinski definition) is 3. The quantitative estimate of drug-likeness (QED) is 0.338. The molecule has 0 aliphatic heterocycles. The molecule has 0 saturated heterocycles. The van der Waals surface area contributed by atoms with Crippen LogP contribution in [0.4, 0.5) is 0 Å². The van der Waals surface area contributed by atoms with Gasteiger partial charge in [0.15, 0.2) is 0 Å². The van der Waals surface area contributed by atoms with E-state index in [-0.39, 0.29) is 22.1 Å². The Hall–Kier alpha value is -1.51. The van der Waals surface area contributed by atoms with Crippen molar-refractivity contribution in [2.45, 2.75) is 104 Å². The highest BCUT2D eigenvalue weighted by atomic mass is 16.5. The number of carbonyl (C=O) groups excluding carboxylic acids is 1. The van der Waals surface area contributed by atoms with Gasteiger partial charge >= 0.3 is 5.97 Å². The van der Waals surface area contributed by atoms with Crippen LogP contribution in [-0.4, -0.2) is 18.2 Å². The normalized spacial score (nSPS) is 12.3. The predicted octanol–water partition coefficient (Wildman–Crippen LogP) is 6.89. The van der Waals surface area contributed by atoms with Crippen molar-refractivity contribution in [3.63, 3.8) is 0 Å².